The molecule has 2 heterocycles. The number of aryl methyl sites for hydroxylation is 2. The Bertz CT molecular complexity index is 445. The third-order valence-electron chi connectivity index (χ3n) is 2.43. The van der Waals surface area contributed by atoms with Crippen LogP contribution in [0.2, 0.25) is 0 Å². The molecule has 2 rings (SSSR count). The molecular weight excluding hydrogens is 192 g/mol. The molecular formula is C11H14N2O2. The van der Waals surface area contributed by atoms with Crippen LogP contribution in [0.15, 0.2) is 29.0 Å². The normalized spacial score (nSPS) is 13.0. The molecule has 0 aliphatic rings. The molecule has 0 saturated carbocycles. The number of aromatic nitrogens is 2. The first kappa shape index (κ1) is 9.98. The van der Waals surface area contributed by atoms with E-state index in [0.29, 0.717) is 6.42 Å². The highest BCUT2D eigenvalue weighted by Gasteiger charge is 2.14. The van der Waals surface area contributed by atoms with E-state index in [1.165, 1.54) is 0 Å². The zero-order valence-corrected chi connectivity index (χ0v) is 8.84. The molecule has 0 amide bonds. The van der Waals surface area contributed by atoms with E-state index in [1.54, 1.807) is 17.0 Å². The maximum atomic E-state index is 9.94. The average Bonchev–Trinajstić information content (AvgIpc) is 2.75. The van der Waals surface area contributed by atoms with E-state index >= 15 is 0 Å². The summed E-state index contributed by atoms with van der Waals surface area (Å²) in [6.07, 6.45) is 3.43. The molecule has 1 unspecified atom stereocenters. The van der Waals surface area contributed by atoms with Gasteiger partial charge in [0.1, 0.15) is 5.76 Å². The largest absolute Gasteiger partial charge is 0.469 e. The van der Waals surface area contributed by atoms with E-state index in [2.05, 4.69) is 5.10 Å². The minimum atomic E-state index is -0.543. The first-order valence-corrected chi connectivity index (χ1v) is 4.87. The molecule has 0 saturated heterocycles. The van der Waals surface area contributed by atoms with E-state index in [0.717, 1.165) is 17.0 Å². The van der Waals surface area contributed by atoms with Crippen LogP contribution in [0.1, 0.15) is 23.1 Å². The Hall–Kier alpha value is -1.55. The molecule has 0 aliphatic carbocycles. The fourth-order valence-corrected chi connectivity index (χ4v) is 1.62. The number of aliphatic hydroxyl groups excluding tert-OH is 1. The summed E-state index contributed by atoms with van der Waals surface area (Å²) in [5.41, 5.74) is 1.71. The molecule has 0 aromatic carbocycles. The lowest BCUT2D eigenvalue weighted by atomic mass is 10.1. The number of aliphatic hydroxyl groups is 1. The van der Waals surface area contributed by atoms with Crippen molar-refractivity contribution in [2.75, 3.05) is 0 Å². The predicted octanol–water partition coefficient (Wildman–Crippen LogP) is 1.60. The van der Waals surface area contributed by atoms with E-state index in [-0.39, 0.29) is 0 Å². The van der Waals surface area contributed by atoms with Crippen LogP contribution < -0.4 is 0 Å². The second-order valence-electron chi connectivity index (χ2n) is 3.63. The van der Waals surface area contributed by atoms with Crippen LogP contribution in [-0.2, 0) is 13.5 Å². The molecule has 0 radical (unpaired) electrons. The summed E-state index contributed by atoms with van der Waals surface area (Å²) in [5, 5.41) is 14.2. The monoisotopic (exact) mass is 206 g/mol. The smallest absolute Gasteiger partial charge is 0.106 e. The highest BCUT2D eigenvalue weighted by Crippen LogP contribution is 2.21. The number of nitrogens with zero attached hydrogens (tertiary/aromatic N) is 2. The minimum Gasteiger partial charge on any atom is -0.469 e. The second kappa shape index (κ2) is 3.90. The summed E-state index contributed by atoms with van der Waals surface area (Å²) in [4.78, 5) is 0. The quantitative estimate of drug-likeness (QED) is 0.829. The Kier molecular flexibility index (Phi) is 2.60. The average molecular weight is 206 g/mol. The minimum absolute atomic E-state index is 0.515. The van der Waals surface area contributed by atoms with Crippen LogP contribution in [0.4, 0.5) is 0 Å². The standard InChI is InChI=1S/C11H14N2O2/c1-8-10(4-6-15-8)11(14)7-9-3-5-13(2)12-9/h3-6,11,14H,7H2,1-2H3. The van der Waals surface area contributed by atoms with Crippen molar-refractivity contribution in [2.24, 2.45) is 7.05 Å². The number of furan rings is 1. The fourth-order valence-electron chi connectivity index (χ4n) is 1.62. The van der Waals surface area contributed by atoms with Gasteiger partial charge >= 0.3 is 0 Å². The molecule has 2 aromatic rings. The summed E-state index contributed by atoms with van der Waals surface area (Å²) in [6.45, 7) is 1.84. The third kappa shape index (κ3) is 2.10. The summed E-state index contributed by atoms with van der Waals surface area (Å²) in [5.74, 6) is 0.762. The topological polar surface area (TPSA) is 51.2 Å². The highest BCUT2D eigenvalue weighted by molar-refractivity contribution is 5.20. The Morgan fingerprint density at radius 1 is 1.53 bits per heavy atom. The van der Waals surface area contributed by atoms with Gasteiger partial charge in [0, 0.05) is 25.2 Å². The number of hydrogen-bond acceptors (Lipinski definition) is 3. The summed E-state index contributed by atoms with van der Waals surface area (Å²) in [7, 11) is 1.86. The lowest BCUT2D eigenvalue weighted by molar-refractivity contribution is 0.175. The van der Waals surface area contributed by atoms with Crippen molar-refractivity contribution in [1.82, 2.24) is 9.78 Å². The molecule has 4 heteroatoms. The molecule has 0 fully saturated rings. The summed E-state index contributed by atoms with van der Waals surface area (Å²) < 4.78 is 6.87. The Balaban J connectivity index is 2.10. The van der Waals surface area contributed by atoms with Gasteiger partial charge in [-0.1, -0.05) is 0 Å². The van der Waals surface area contributed by atoms with Crippen molar-refractivity contribution in [3.63, 3.8) is 0 Å². The molecule has 0 spiro atoms. The van der Waals surface area contributed by atoms with Crippen molar-refractivity contribution < 1.29 is 9.52 Å². The lowest BCUT2D eigenvalue weighted by Gasteiger charge is -2.07. The van der Waals surface area contributed by atoms with Crippen molar-refractivity contribution in [3.8, 4) is 0 Å². The lowest BCUT2D eigenvalue weighted by Crippen LogP contribution is -2.03. The van der Waals surface area contributed by atoms with Crippen LogP contribution in [0.3, 0.4) is 0 Å². The van der Waals surface area contributed by atoms with E-state index in [4.69, 9.17) is 4.42 Å². The predicted molar refractivity (Wildman–Crippen MR) is 55.3 cm³/mol. The fraction of sp³-hybridized carbons (Fsp3) is 0.364. The maximum absolute atomic E-state index is 9.94. The van der Waals surface area contributed by atoms with Crippen LogP contribution in [0.5, 0.6) is 0 Å². The molecule has 4 nitrogen and oxygen atoms in total. The van der Waals surface area contributed by atoms with Gasteiger partial charge in [-0.05, 0) is 19.1 Å². The Morgan fingerprint density at radius 2 is 2.33 bits per heavy atom. The van der Waals surface area contributed by atoms with E-state index in [1.807, 2.05) is 26.2 Å². The molecule has 80 valence electrons. The first-order chi connectivity index (χ1) is 7.16. The van der Waals surface area contributed by atoms with Crippen molar-refractivity contribution in [1.29, 1.82) is 0 Å². The maximum Gasteiger partial charge on any atom is 0.106 e. The molecule has 1 N–H and O–H groups in total. The zero-order chi connectivity index (χ0) is 10.8. The Labute approximate surface area is 88.1 Å². The zero-order valence-electron chi connectivity index (χ0n) is 8.84. The number of hydrogen-bond donors (Lipinski definition) is 1. The van der Waals surface area contributed by atoms with Gasteiger partial charge in [-0.2, -0.15) is 5.10 Å². The molecule has 0 bridgehead atoms. The van der Waals surface area contributed by atoms with Gasteiger partial charge in [-0.15, -0.1) is 0 Å². The molecule has 2 aromatic heterocycles. The summed E-state index contributed by atoms with van der Waals surface area (Å²) >= 11 is 0. The SMILES string of the molecule is Cc1occc1C(O)Cc1ccn(C)n1. The van der Waals surface area contributed by atoms with Crippen molar-refractivity contribution in [2.45, 2.75) is 19.4 Å². The van der Waals surface area contributed by atoms with Gasteiger partial charge in [0.2, 0.25) is 0 Å². The summed E-state index contributed by atoms with van der Waals surface area (Å²) in [6, 6.07) is 3.70. The molecule has 0 aliphatic heterocycles. The van der Waals surface area contributed by atoms with E-state index in [9.17, 15) is 5.11 Å². The van der Waals surface area contributed by atoms with Crippen LogP contribution in [0.25, 0.3) is 0 Å². The van der Waals surface area contributed by atoms with Gasteiger partial charge in [-0.3, -0.25) is 4.68 Å². The van der Waals surface area contributed by atoms with Crippen molar-refractivity contribution in [3.05, 3.63) is 41.6 Å². The van der Waals surface area contributed by atoms with Crippen LogP contribution >= 0.6 is 0 Å². The van der Waals surface area contributed by atoms with Gasteiger partial charge < -0.3 is 9.52 Å². The van der Waals surface area contributed by atoms with Crippen LogP contribution in [0, 0.1) is 6.92 Å². The first-order valence-electron chi connectivity index (χ1n) is 4.87. The third-order valence-corrected chi connectivity index (χ3v) is 2.43. The number of rotatable bonds is 3. The molecule has 1 atom stereocenters. The van der Waals surface area contributed by atoms with Crippen LogP contribution in [-0.4, -0.2) is 14.9 Å². The molecule has 15 heavy (non-hydrogen) atoms. The highest BCUT2D eigenvalue weighted by atomic mass is 16.3. The van der Waals surface area contributed by atoms with Gasteiger partial charge in [0.15, 0.2) is 0 Å². The van der Waals surface area contributed by atoms with E-state index < -0.39 is 6.10 Å². The Morgan fingerprint density at radius 3 is 2.87 bits per heavy atom. The van der Waals surface area contributed by atoms with Gasteiger partial charge in [0.25, 0.3) is 0 Å². The van der Waals surface area contributed by atoms with Crippen molar-refractivity contribution >= 4 is 0 Å². The van der Waals surface area contributed by atoms with Gasteiger partial charge in [0.05, 0.1) is 18.1 Å². The van der Waals surface area contributed by atoms with Gasteiger partial charge in [-0.25, -0.2) is 0 Å². The second-order valence-corrected chi connectivity index (χ2v) is 3.63.